The maximum Gasteiger partial charge on any atom is 0.302 e. The molecule has 0 aliphatic heterocycles. The molecule has 0 aromatic rings. The van der Waals surface area contributed by atoms with E-state index >= 15 is 0 Å². The number of allylic oxidation sites excluding steroid dienone is 3. The van der Waals surface area contributed by atoms with Gasteiger partial charge < -0.3 is 4.74 Å². The lowest BCUT2D eigenvalue weighted by molar-refractivity contribution is -0.139. The molecule has 0 rings (SSSR count). The summed E-state index contributed by atoms with van der Waals surface area (Å²) < 4.78 is 4.80. The third-order valence-corrected chi connectivity index (χ3v) is 1.15. The van der Waals surface area contributed by atoms with Crippen molar-refractivity contribution >= 4 is 5.97 Å². The molecule has 0 aromatic heterocycles. The lowest BCUT2D eigenvalue weighted by Crippen LogP contribution is -2.01. The van der Waals surface area contributed by atoms with Crippen LogP contribution >= 0.6 is 0 Å². The summed E-state index contributed by atoms with van der Waals surface area (Å²) >= 11 is 0. The van der Waals surface area contributed by atoms with Crippen LogP contribution in [0.25, 0.3) is 0 Å². The van der Waals surface area contributed by atoms with Crippen LogP contribution in [0.15, 0.2) is 36.5 Å². The molecule has 0 N–H and O–H groups in total. The first-order chi connectivity index (χ1) is 5.70. The maximum absolute atomic E-state index is 10.5. The highest BCUT2D eigenvalue weighted by atomic mass is 16.5. The van der Waals surface area contributed by atoms with Gasteiger partial charge in [0.05, 0.1) is 0 Å². The molecule has 0 saturated carbocycles. The zero-order valence-electron chi connectivity index (χ0n) is 7.54. The van der Waals surface area contributed by atoms with Crippen LogP contribution in [0.3, 0.4) is 0 Å². The Morgan fingerprint density at radius 1 is 1.58 bits per heavy atom. The first-order valence-electron chi connectivity index (χ1n) is 3.78. The topological polar surface area (TPSA) is 26.3 Å². The molecule has 0 amide bonds. The highest BCUT2D eigenvalue weighted by molar-refractivity contribution is 5.66. The van der Waals surface area contributed by atoms with Crippen molar-refractivity contribution < 1.29 is 9.53 Å². The van der Waals surface area contributed by atoms with Crippen molar-refractivity contribution in [3.05, 3.63) is 36.5 Å². The molecule has 0 aliphatic rings. The Bertz CT molecular complexity index is 212. The van der Waals surface area contributed by atoms with Gasteiger partial charge in [-0.25, -0.2) is 0 Å². The summed E-state index contributed by atoms with van der Waals surface area (Å²) in [4.78, 5) is 10.5. The molecule has 0 radical (unpaired) electrons. The van der Waals surface area contributed by atoms with Gasteiger partial charge >= 0.3 is 5.97 Å². The van der Waals surface area contributed by atoms with E-state index in [4.69, 9.17) is 4.74 Å². The van der Waals surface area contributed by atoms with Crippen LogP contribution < -0.4 is 0 Å². The van der Waals surface area contributed by atoms with E-state index in [0.717, 1.165) is 5.57 Å². The molecule has 2 nitrogen and oxygen atoms in total. The number of rotatable bonds is 4. The van der Waals surface area contributed by atoms with E-state index in [1.165, 1.54) is 6.92 Å². The molecule has 0 fully saturated rings. The first-order valence-corrected chi connectivity index (χ1v) is 3.78. The van der Waals surface area contributed by atoms with E-state index in [-0.39, 0.29) is 5.97 Å². The van der Waals surface area contributed by atoms with Crippen molar-refractivity contribution in [2.75, 3.05) is 6.61 Å². The van der Waals surface area contributed by atoms with Crippen molar-refractivity contribution in [3.63, 3.8) is 0 Å². The number of ether oxygens (including phenoxy) is 1. The standard InChI is InChI=1S/C10H14O2/c1-4-6-10(7-5-2)8-12-9(3)11/h4-7H,1,8H2,2-3H3/b7-5-,10-6+. The summed E-state index contributed by atoms with van der Waals surface area (Å²) in [5.41, 5.74) is 0.933. The Hall–Kier alpha value is -1.31. The van der Waals surface area contributed by atoms with E-state index < -0.39 is 0 Å². The second-order valence-corrected chi connectivity index (χ2v) is 2.26. The molecular weight excluding hydrogens is 152 g/mol. The highest BCUT2D eigenvalue weighted by Crippen LogP contribution is 1.98. The van der Waals surface area contributed by atoms with Gasteiger partial charge in [0.1, 0.15) is 6.61 Å². The summed E-state index contributed by atoms with van der Waals surface area (Å²) in [6.07, 6.45) is 7.24. The Morgan fingerprint density at radius 3 is 2.67 bits per heavy atom. The predicted octanol–water partition coefficient (Wildman–Crippen LogP) is 2.24. The van der Waals surface area contributed by atoms with Gasteiger partial charge in [-0.2, -0.15) is 0 Å². The lowest BCUT2D eigenvalue weighted by atomic mass is 10.2. The Kier molecular flexibility index (Phi) is 5.70. The van der Waals surface area contributed by atoms with E-state index in [9.17, 15) is 4.79 Å². The quantitative estimate of drug-likeness (QED) is 0.473. The van der Waals surface area contributed by atoms with Crippen LogP contribution in [0.5, 0.6) is 0 Å². The van der Waals surface area contributed by atoms with Crippen LogP contribution in [0.2, 0.25) is 0 Å². The SMILES string of the molecule is C=C/C=C(\C=C/C)COC(C)=O. The molecule has 0 saturated heterocycles. The van der Waals surface area contributed by atoms with Crippen molar-refractivity contribution in [2.24, 2.45) is 0 Å². The van der Waals surface area contributed by atoms with Gasteiger partial charge in [-0.1, -0.05) is 30.9 Å². The van der Waals surface area contributed by atoms with E-state index in [0.29, 0.717) is 6.61 Å². The molecular formula is C10H14O2. The second-order valence-electron chi connectivity index (χ2n) is 2.26. The summed E-state index contributed by atoms with van der Waals surface area (Å²) in [5, 5.41) is 0. The summed E-state index contributed by atoms with van der Waals surface area (Å²) in [6, 6.07) is 0. The molecule has 66 valence electrons. The van der Waals surface area contributed by atoms with Crippen LogP contribution in [-0.2, 0) is 9.53 Å². The van der Waals surface area contributed by atoms with Crippen LogP contribution in [0, 0.1) is 0 Å². The Balaban J connectivity index is 4.05. The molecule has 12 heavy (non-hydrogen) atoms. The zero-order chi connectivity index (χ0) is 9.40. The second kappa shape index (κ2) is 6.40. The van der Waals surface area contributed by atoms with Gasteiger partial charge in [-0.3, -0.25) is 4.79 Å². The normalized spacial score (nSPS) is 11.7. The maximum atomic E-state index is 10.5. The zero-order valence-corrected chi connectivity index (χ0v) is 7.54. The summed E-state index contributed by atoms with van der Waals surface area (Å²) in [7, 11) is 0. The first kappa shape index (κ1) is 10.7. The van der Waals surface area contributed by atoms with E-state index in [2.05, 4.69) is 6.58 Å². The number of carbonyl (C=O) groups is 1. The van der Waals surface area contributed by atoms with Crippen molar-refractivity contribution in [3.8, 4) is 0 Å². The number of esters is 1. The number of hydrogen-bond donors (Lipinski definition) is 0. The molecule has 2 heteroatoms. The molecule has 0 aromatic carbocycles. The van der Waals surface area contributed by atoms with Gasteiger partial charge in [-0.05, 0) is 12.5 Å². The van der Waals surface area contributed by atoms with Gasteiger partial charge in [0, 0.05) is 6.92 Å². The van der Waals surface area contributed by atoms with Crippen LogP contribution in [0.1, 0.15) is 13.8 Å². The Morgan fingerprint density at radius 2 is 2.25 bits per heavy atom. The van der Waals surface area contributed by atoms with Gasteiger partial charge in [0.25, 0.3) is 0 Å². The average molecular weight is 166 g/mol. The lowest BCUT2D eigenvalue weighted by Gasteiger charge is -2.01. The Labute approximate surface area is 73.2 Å². The number of carbonyl (C=O) groups excluding carboxylic acids is 1. The molecule has 0 aliphatic carbocycles. The van der Waals surface area contributed by atoms with E-state index in [1.807, 2.05) is 25.2 Å². The fourth-order valence-corrected chi connectivity index (χ4v) is 0.702. The molecule has 0 heterocycles. The minimum absolute atomic E-state index is 0.269. The van der Waals surface area contributed by atoms with Crippen LogP contribution in [0.4, 0.5) is 0 Å². The fourth-order valence-electron chi connectivity index (χ4n) is 0.702. The third kappa shape index (κ3) is 5.47. The van der Waals surface area contributed by atoms with Gasteiger partial charge in [-0.15, -0.1) is 0 Å². The minimum atomic E-state index is -0.269. The molecule has 0 spiro atoms. The highest BCUT2D eigenvalue weighted by Gasteiger charge is 1.94. The van der Waals surface area contributed by atoms with Crippen LogP contribution in [-0.4, -0.2) is 12.6 Å². The minimum Gasteiger partial charge on any atom is -0.461 e. The molecule has 0 atom stereocenters. The largest absolute Gasteiger partial charge is 0.461 e. The fraction of sp³-hybridized carbons (Fsp3) is 0.300. The molecule has 0 bridgehead atoms. The van der Waals surface area contributed by atoms with Crippen molar-refractivity contribution in [1.82, 2.24) is 0 Å². The molecule has 0 unspecified atom stereocenters. The van der Waals surface area contributed by atoms with Crippen molar-refractivity contribution in [2.45, 2.75) is 13.8 Å². The smallest absolute Gasteiger partial charge is 0.302 e. The van der Waals surface area contributed by atoms with Gasteiger partial charge in [0.15, 0.2) is 0 Å². The number of hydrogen-bond acceptors (Lipinski definition) is 2. The van der Waals surface area contributed by atoms with Gasteiger partial charge in [0.2, 0.25) is 0 Å². The van der Waals surface area contributed by atoms with Crippen molar-refractivity contribution in [1.29, 1.82) is 0 Å². The summed E-state index contributed by atoms with van der Waals surface area (Å²) in [6.45, 7) is 7.17. The van der Waals surface area contributed by atoms with E-state index in [1.54, 1.807) is 6.08 Å². The summed E-state index contributed by atoms with van der Waals surface area (Å²) in [5.74, 6) is -0.269. The monoisotopic (exact) mass is 166 g/mol. The average Bonchev–Trinajstić information content (AvgIpc) is 2.01. The predicted molar refractivity (Wildman–Crippen MR) is 49.7 cm³/mol. The third-order valence-electron chi connectivity index (χ3n) is 1.15.